The van der Waals surface area contributed by atoms with E-state index in [0.717, 1.165) is 54.0 Å². The Balaban J connectivity index is 0.000000709. The van der Waals surface area contributed by atoms with Crippen molar-refractivity contribution in [1.82, 2.24) is 14.8 Å². The van der Waals surface area contributed by atoms with Crippen molar-refractivity contribution in [3.8, 4) is 11.3 Å². The van der Waals surface area contributed by atoms with E-state index in [4.69, 9.17) is 16.6 Å². The van der Waals surface area contributed by atoms with E-state index in [2.05, 4.69) is 36.8 Å². The highest BCUT2D eigenvalue weighted by Gasteiger charge is 2.19. The standard InChI is InChI=1S/C24H23ClFN3.C4H10/c1-16(2)28-9-11-29(12-10-28)17(3)18-7-8-21-22(25)15-23(27-24(21)14-18)19-5-4-6-20(26)13-19;1-3-4-2/h4-8,13-15H,1,3,9-12H2,2H3;3-4H2,1-2H3. The molecule has 1 aliphatic heterocycles. The van der Waals surface area contributed by atoms with Gasteiger partial charge in [0.05, 0.1) is 16.2 Å². The van der Waals surface area contributed by atoms with Gasteiger partial charge in [-0.05, 0) is 36.8 Å². The van der Waals surface area contributed by atoms with E-state index in [1.165, 1.54) is 25.0 Å². The van der Waals surface area contributed by atoms with Crippen molar-refractivity contribution < 1.29 is 4.39 Å². The number of nitrogens with zero attached hydrogens (tertiary/aromatic N) is 3. The molecule has 0 aliphatic carbocycles. The molecule has 1 fully saturated rings. The first kappa shape index (κ1) is 24.8. The molecule has 2 aromatic carbocycles. The Bertz CT molecular complexity index is 1130. The summed E-state index contributed by atoms with van der Waals surface area (Å²) >= 11 is 6.50. The van der Waals surface area contributed by atoms with Crippen molar-refractivity contribution in [3.05, 3.63) is 83.8 Å². The number of unbranched alkanes of at least 4 members (excludes halogenated alkanes) is 1. The summed E-state index contributed by atoms with van der Waals surface area (Å²) in [7, 11) is 0. The van der Waals surface area contributed by atoms with Gasteiger partial charge in [0, 0.05) is 48.5 Å². The van der Waals surface area contributed by atoms with Gasteiger partial charge in [-0.15, -0.1) is 0 Å². The maximum absolute atomic E-state index is 13.6. The summed E-state index contributed by atoms with van der Waals surface area (Å²) in [6, 6.07) is 14.2. The minimum atomic E-state index is -0.295. The summed E-state index contributed by atoms with van der Waals surface area (Å²) in [4.78, 5) is 9.32. The maximum Gasteiger partial charge on any atom is 0.123 e. The van der Waals surface area contributed by atoms with Gasteiger partial charge in [0.25, 0.3) is 0 Å². The fourth-order valence-electron chi connectivity index (χ4n) is 3.70. The van der Waals surface area contributed by atoms with Crippen LogP contribution in [0.3, 0.4) is 0 Å². The summed E-state index contributed by atoms with van der Waals surface area (Å²) in [6.07, 6.45) is 2.64. The zero-order chi connectivity index (χ0) is 24.0. The van der Waals surface area contributed by atoms with Crippen LogP contribution < -0.4 is 0 Å². The lowest BCUT2D eigenvalue weighted by atomic mass is 10.1. The highest BCUT2D eigenvalue weighted by atomic mass is 35.5. The average Bonchev–Trinajstić information content (AvgIpc) is 2.83. The van der Waals surface area contributed by atoms with Crippen LogP contribution in [-0.4, -0.2) is 41.0 Å². The molecule has 5 heteroatoms. The Morgan fingerprint density at radius 3 is 2.24 bits per heavy atom. The second-order valence-electron chi connectivity index (χ2n) is 8.39. The number of allylic oxidation sites excluding steroid dienone is 1. The Morgan fingerprint density at radius 2 is 1.64 bits per heavy atom. The lowest BCUT2D eigenvalue weighted by Crippen LogP contribution is -2.44. The maximum atomic E-state index is 13.6. The number of fused-ring (bicyclic) bond motifs is 1. The lowest BCUT2D eigenvalue weighted by molar-refractivity contribution is 0.215. The van der Waals surface area contributed by atoms with Crippen LogP contribution in [0.25, 0.3) is 27.9 Å². The van der Waals surface area contributed by atoms with Crippen molar-refractivity contribution in [3.63, 3.8) is 0 Å². The van der Waals surface area contributed by atoms with Crippen molar-refractivity contribution in [1.29, 1.82) is 0 Å². The number of hydrogen-bond acceptors (Lipinski definition) is 3. The van der Waals surface area contributed by atoms with Gasteiger partial charge in [-0.25, -0.2) is 9.37 Å². The zero-order valence-electron chi connectivity index (χ0n) is 19.9. The van der Waals surface area contributed by atoms with E-state index >= 15 is 0 Å². The van der Waals surface area contributed by atoms with Gasteiger partial charge in [-0.1, -0.05) is 75.7 Å². The molecule has 0 saturated carbocycles. The van der Waals surface area contributed by atoms with Crippen molar-refractivity contribution >= 4 is 28.2 Å². The second-order valence-corrected chi connectivity index (χ2v) is 8.79. The molecule has 1 aromatic heterocycles. The third-order valence-corrected chi connectivity index (χ3v) is 6.23. The molecular weight excluding hydrogens is 433 g/mol. The number of piperazine rings is 1. The number of pyridine rings is 1. The number of rotatable bonds is 5. The molecule has 1 saturated heterocycles. The summed E-state index contributed by atoms with van der Waals surface area (Å²) in [5.74, 6) is -0.295. The molecule has 3 aromatic rings. The molecule has 4 rings (SSSR count). The highest BCUT2D eigenvalue weighted by Crippen LogP contribution is 2.31. The predicted molar refractivity (Wildman–Crippen MR) is 140 cm³/mol. The monoisotopic (exact) mass is 465 g/mol. The van der Waals surface area contributed by atoms with Crippen molar-refractivity contribution in [2.45, 2.75) is 33.6 Å². The van der Waals surface area contributed by atoms with Crippen LogP contribution in [0.15, 0.2) is 67.4 Å². The average molecular weight is 466 g/mol. The van der Waals surface area contributed by atoms with Gasteiger partial charge in [0.1, 0.15) is 5.82 Å². The molecule has 174 valence electrons. The molecule has 1 aliphatic rings. The highest BCUT2D eigenvalue weighted by molar-refractivity contribution is 6.35. The molecule has 33 heavy (non-hydrogen) atoms. The van der Waals surface area contributed by atoms with Crippen molar-refractivity contribution in [2.75, 3.05) is 26.2 Å². The minimum Gasteiger partial charge on any atom is -0.372 e. The molecule has 0 amide bonds. The van der Waals surface area contributed by atoms with Crippen LogP contribution in [0.1, 0.15) is 39.2 Å². The van der Waals surface area contributed by atoms with Crippen LogP contribution in [0, 0.1) is 5.82 Å². The Kier molecular flexibility index (Phi) is 8.51. The Hall–Kier alpha value is -2.85. The van der Waals surface area contributed by atoms with Gasteiger partial charge in [0.15, 0.2) is 0 Å². The normalized spacial score (nSPS) is 13.5. The predicted octanol–water partition coefficient (Wildman–Crippen LogP) is 7.62. The van der Waals surface area contributed by atoms with Crippen LogP contribution >= 0.6 is 11.6 Å². The fraction of sp³-hybridized carbons (Fsp3) is 0.321. The lowest BCUT2D eigenvalue weighted by Gasteiger charge is -2.38. The molecule has 3 nitrogen and oxygen atoms in total. The van der Waals surface area contributed by atoms with E-state index in [1.54, 1.807) is 12.1 Å². The molecule has 0 radical (unpaired) electrons. The number of hydrogen-bond donors (Lipinski definition) is 0. The summed E-state index contributed by atoms with van der Waals surface area (Å²) in [5, 5.41) is 1.47. The molecule has 0 unspecified atom stereocenters. The summed E-state index contributed by atoms with van der Waals surface area (Å²) < 4.78 is 13.6. The van der Waals surface area contributed by atoms with Gasteiger partial charge >= 0.3 is 0 Å². The minimum absolute atomic E-state index is 0.295. The first-order valence-corrected chi connectivity index (χ1v) is 11.9. The van der Waals surface area contributed by atoms with Crippen LogP contribution in [0.2, 0.25) is 5.02 Å². The molecule has 0 spiro atoms. The number of aromatic nitrogens is 1. The number of benzene rings is 2. The van der Waals surface area contributed by atoms with Gasteiger partial charge in [-0.3, -0.25) is 0 Å². The molecule has 2 heterocycles. The van der Waals surface area contributed by atoms with Gasteiger partial charge in [0.2, 0.25) is 0 Å². The quantitative estimate of drug-likeness (QED) is 0.386. The van der Waals surface area contributed by atoms with E-state index in [-0.39, 0.29) is 5.82 Å². The molecule has 0 atom stereocenters. The van der Waals surface area contributed by atoms with E-state index in [9.17, 15) is 4.39 Å². The van der Waals surface area contributed by atoms with Crippen LogP contribution in [0.4, 0.5) is 4.39 Å². The van der Waals surface area contributed by atoms with Crippen LogP contribution in [-0.2, 0) is 0 Å². The Labute approximate surface area is 202 Å². The van der Waals surface area contributed by atoms with Gasteiger partial charge in [-0.2, -0.15) is 0 Å². The first-order chi connectivity index (χ1) is 15.8. The second kappa shape index (κ2) is 11.3. The summed E-state index contributed by atoms with van der Waals surface area (Å²) in [6.45, 7) is 18.4. The zero-order valence-corrected chi connectivity index (χ0v) is 20.6. The van der Waals surface area contributed by atoms with Crippen molar-refractivity contribution in [2.24, 2.45) is 0 Å². The van der Waals surface area contributed by atoms with E-state index in [0.29, 0.717) is 16.3 Å². The van der Waals surface area contributed by atoms with E-state index in [1.807, 2.05) is 31.2 Å². The molecular formula is C28H33ClFN3. The Morgan fingerprint density at radius 1 is 0.970 bits per heavy atom. The smallest absolute Gasteiger partial charge is 0.123 e. The fourth-order valence-corrected chi connectivity index (χ4v) is 3.96. The summed E-state index contributed by atoms with van der Waals surface area (Å²) in [5.41, 5.74) is 5.22. The largest absolute Gasteiger partial charge is 0.372 e. The molecule has 0 N–H and O–H groups in total. The third kappa shape index (κ3) is 6.14. The SMILES string of the molecule is C=C(C)N1CCN(C(=C)c2ccc3c(Cl)cc(-c4cccc(F)c4)nc3c2)CC1.CCCC. The topological polar surface area (TPSA) is 19.4 Å². The first-order valence-electron chi connectivity index (χ1n) is 11.5. The van der Waals surface area contributed by atoms with Crippen LogP contribution in [0.5, 0.6) is 0 Å². The third-order valence-electron chi connectivity index (χ3n) is 5.91. The number of halogens is 2. The van der Waals surface area contributed by atoms with E-state index < -0.39 is 0 Å². The molecule has 0 bridgehead atoms. The van der Waals surface area contributed by atoms with Gasteiger partial charge < -0.3 is 9.80 Å².